The lowest BCUT2D eigenvalue weighted by Gasteiger charge is -2.15. The highest BCUT2D eigenvalue weighted by Crippen LogP contribution is 2.31. The largest absolute Gasteiger partial charge is 0.307 e. The van der Waals surface area contributed by atoms with E-state index < -0.39 is 0 Å². The molecule has 1 aromatic carbocycles. The molecule has 1 atom stereocenters. The van der Waals surface area contributed by atoms with Crippen LogP contribution in [0.5, 0.6) is 0 Å². The zero-order valence-corrected chi connectivity index (χ0v) is 8.90. The van der Waals surface area contributed by atoms with Crippen molar-refractivity contribution in [1.82, 2.24) is 5.32 Å². The van der Waals surface area contributed by atoms with Crippen molar-refractivity contribution in [3.05, 3.63) is 58.3 Å². The van der Waals surface area contributed by atoms with Gasteiger partial charge in [-0.15, -0.1) is 0 Å². The Kier molecular flexibility index (Phi) is 1.55. The summed E-state index contributed by atoms with van der Waals surface area (Å²) in [7, 11) is 0. The van der Waals surface area contributed by atoms with Gasteiger partial charge in [0.25, 0.3) is 0 Å². The summed E-state index contributed by atoms with van der Waals surface area (Å²) >= 11 is 0. The van der Waals surface area contributed by atoms with Crippen molar-refractivity contribution in [2.24, 2.45) is 4.99 Å². The number of nitrogens with zero attached hydrogens (tertiary/aromatic N) is 1. The molecule has 0 bridgehead atoms. The van der Waals surface area contributed by atoms with Crippen LogP contribution in [0.1, 0.15) is 6.42 Å². The van der Waals surface area contributed by atoms with Gasteiger partial charge in [0.15, 0.2) is 0 Å². The Morgan fingerprint density at radius 3 is 3.19 bits per heavy atom. The van der Waals surface area contributed by atoms with Crippen LogP contribution in [-0.2, 0) is 0 Å². The van der Waals surface area contributed by atoms with Gasteiger partial charge in [-0.05, 0) is 24.6 Å². The van der Waals surface area contributed by atoms with Gasteiger partial charge in [0.1, 0.15) is 0 Å². The SMILES string of the molecule is C1=CC2NCCC2=C2N=c3ccccc3=C12. The summed E-state index contributed by atoms with van der Waals surface area (Å²) in [5, 5.41) is 5.89. The second-order valence-corrected chi connectivity index (χ2v) is 4.46. The van der Waals surface area contributed by atoms with E-state index in [0.29, 0.717) is 6.04 Å². The minimum atomic E-state index is 0.428. The van der Waals surface area contributed by atoms with Gasteiger partial charge in [-0.25, -0.2) is 4.99 Å². The van der Waals surface area contributed by atoms with Crippen molar-refractivity contribution in [2.45, 2.75) is 12.5 Å². The van der Waals surface area contributed by atoms with Crippen LogP contribution >= 0.6 is 0 Å². The first-order chi connectivity index (χ1) is 7.93. The van der Waals surface area contributed by atoms with E-state index in [-0.39, 0.29) is 0 Å². The molecule has 4 rings (SSSR count). The molecule has 1 saturated heterocycles. The third kappa shape index (κ3) is 0.973. The van der Waals surface area contributed by atoms with Gasteiger partial charge in [-0.1, -0.05) is 30.4 Å². The molecule has 0 spiro atoms. The molecule has 1 aromatic rings. The van der Waals surface area contributed by atoms with E-state index >= 15 is 0 Å². The summed E-state index contributed by atoms with van der Waals surface area (Å²) in [5.41, 5.74) is 4.00. The lowest BCUT2D eigenvalue weighted by molar-refractivity contribution is 0.769. The Balaban J connectivity index is 2.11. The zero-order valence-electron chi connectivity index (χ0n) is 8.90. The Hall–Kier alpha value is -1.67. The molecule has 1 aliphatic carbocycles. The van der Waals surface area contributed by atoms with Crippen molar-refractivity contribution < 1.29 is 0 Å². The molecule has 0 saturated carbocycles. The second-order valence-electron chi connectivity index (χ2n) is 4.46. The summed E-state index contributed by atoms with van der Waals surface area (Å²) in [4.78, 5) is 4.77. The molecular formula is C14H12N2. The van der Waals surface area contributed by atoms with Gasteiger partial charge in [-0.3, -0.25) is 0 Å². The van der Waals surface area contributed by atoms with Gasteiger partial charge < -0.3 is 5.32 Å². The molecule has 2 heteroatoms. The number of fused-ring (bicyclic) bond motifs is 3. The quantitative estimate of drug-likeness (QED) is 0.665. The van der Waals surface area contributed by atoms with E-state index in [9.17, 15) is 0 Å². The van der Waals surface area contributed by atoms with Crippen molar-refractivity contribution >= 4 is 5.57 Å². The zero-order chi connectivity index (χ0) is 10.5. The molecule has 1 N–H and O–H groups in total. The Labute approximate surface area is 93.7 Å². The molecule has 0 radical (unpaired) electrons. The minimum Gasteiger partial charge on any atom is -0.307 e. The van der Waals surface area contributed by atoms with Crippen LogP contribution in [0.3, 0.4) is 0 Å². The first kappa shape index (κ1) is 8.48. The lowest BCUT2D eigenvalue weighted by atomic mass is 9.95. The Morgan fingerprint density at radius 1 is 1.25 bits per heavy atom. The van der Waals surface area contributed by atoms with Gasteiger partial charge in [-0.2, -0.15) is 0 Å². The second kappa shape index (κ2) is 2.92. The predicted molar refractivity (Wildman–Crippen MR) is 63.2 cm³/mol. The Morgan fingerprint density at radius 2 is 2.19 bits per heavy atom. The first-order valence-corrected chi connectivity index (χ1v) is 5.76. The highest BCUT2D eigenvalue weighted by molar-refractivity contribution is 5.78. The van der Waals surface area contributed by atoms with E-state index in [4.69, 9.17) is 4.99 Å². The third-order valence-electron chi connectivity index (χ3n) is 3.58. The molecule has 78 valence electrons. The van der Waals surface area contributed by atoms with Crippen LogP contribution in [0.25, 0.3) is 5.57 Å². The Bertz CT molecular complexity index is 650. The van der Waals surface area contributed by atoms with E-state index in [2.05, 4.69) is 41.7 Å². The molecule has 3 aliphatic rings. The number of allylic oxidation sites excluding steroid dienone is 1. The normalized spacial score (nSPS) is 25.2. The topological polar surface area (TPSA) is 24.4 Å². The standard InChI is InChI=1S/C14H12N2/c1-2-4-13-9(3-1)10-5-6-12-11(7-8-15-12)14(10)16-13/h1-6,12,15H,7-8H2. The van der Waals surface area contributed by atoms with Crippen molar-refractivity contribution in [2.75, 3.05) is 6.54 Å². The van der Waals surface area contributed by atoms with E-state index in [0.717, 1.165) is 18.3 Å². The van der Waals surface area contributed by atoms with Crippen LogP contribution in [0.4, 0.5) is 0 Å². The molecule has 1 fully saturated rings. The minimum absolute atomic E-state index is 0.428. The van der Waals surface area contributed by atoms with Crippen LogP contribution in [-0.4, -0.2) is 12.6 Å². The smallest absolute Gasteiger partial charge is 0.0727 e. The lowest BCUT2D eigenvalue weighted by Crippen LogP contribution is -2.24. The molecule has 16 heavy (non-hydrogen) atoms. The average molecular weight is 208 g/mol. The number of hydrogen-bond donors (Lipinski definition) is 1. The molecular weight excluding hydrogens is 196 g/mol. The molecule has 0 amide bonds. The van der Waals surface area contributed by atoms with Crippen LogP contribution in [0, 0.1) is 0 Å². The fraction of sp³-hybridized carbons (Fsp3) is 0.214. The number of benzene rings is 1. The monoisotopic (exact) mass is 208 g/mol. The van der Waals surface area contributed by atoms with E-state index in [1.165, 1.54) is 22.1 Å². The summed E-state index contributed by atoms with van der Waals surface area (Å²) in [6.07, 6.45) is 5.61. The van der Waals surface area contributed by atoms with Gasteiger partial charge in [0.2, 0.25) is 0 Å². The molecule has 2 aliphatic heterocycles. The number of para-hydroxylation sites is 1. The predicted octanol–water partition coefficient (Wildman–Crippen LogP) is 0.656. The van der Waals surface area contributed by atoms with Crippen LogP contribution < -0.4 is 15.9 Å². The molecule has 2 nitrogen and oxygen atoms in total. The molecule has 0 aromatic heterocycles. The summed E-state index contributed by atoms with van der Waals surface area (Å²) in [5.74, 6) is 0. The van der Waals surface area contributed by atoms with Gasteiger partial charge in [0, 0.05) is 16.8 Å². The van der Waals surface area contributed by atoms with Crippen molar-refractivity contribution in [3.63, 3.8) is 0 Å². The van der Waals surface area contributed by atoms with E-state index in [1.807, 2.05) is 0 Å². The maximum Gasteiger partial charge on any atom is 0.0727 e. The highest BCUT2D eigenvalue weighted by atomic mass is 15.0. The number of hydrogen-bond acceptors (Lipinski definition) is 2. The highest BCUT2D eigenvalue weighted by Gasteiger charge is 2.27. The third-order valence-corrected chi connectivity index (χ3v) is 3.58. The maximum absolute atomic E-state index is 4.77. The molecule has 1 unspecified atom stereocenters. The summed E-state index contributed by atoms with van der Waals surface area (Å²) < 4.78 is 0. The van der Waals surface area contributed by atoms with Crippen LogP contribution in [0.2, 0.25) is 0 Å². The number of rotatable bonds is 0. The first-order valence-electron chi connectivity index (χ1n) is 5.76. The van der Waals surface area contributed by atoms with E-state index in [1.54, 1.807) is 0 Å². The average Bonchev–Trinajstić information content (AvgIpc) is 2.92. The molecule has 2 heterocycles. The summed E-state index contributed by atoms with van der Waals surface area (Å²) in [6, 6.07) is 8.83. The fourth-order valence-corrected chi connectivity index (χ4v) is 2.80. The maximum atomic E-state index is 4.77. The number of nitrogens with one attached hydrogen (secondary N) is 1. The van der Waals surface area contributed by atoms with Crippen molar-refractivity contribution in [1.29, 1.82) is 0 Å². The summed E-state index contributed by atoms with van der Waals surface area (Å²) in [6.45, 7) is 1.08. The van der Waals surface area contributed by atoms with Gasteiger partial charge >= 0.3 is 0 Å². The fourth-order valence-electron chi connectivity index (χ4n) is 2.80. The van der Waals surface area contributed by atoms with Gasteiger partial charge in [0.05, 0.1) is 11.1 Å². The van der Waals surface area contributed by atoms with Crippen molar-refractivity contribution in [3.8, 4) is 0 Å². The van der Waals surface area contributed by atoms with Crippen LogP contribution in [0.15, 0.2) is 52.7 Å².